The highest BCUT2D eigenvalue weighted by atomic mass is 35.5. The lowest BCUT2D eigenvalue weighted by Gasteiger charge is -2.31. The van der Waals surface area contributed by atoms with Gasteiger partial charge in [-0.1, -0.05) is 78.4 Å². The molecule has 2 amide bonds. The Balaban J connectivity index is 1.65. The standard InChI is InChI=1S/C26H32Cl2N2O2S/c1-18-7-6-8-20(13-18)15-30(19(2)26(32)29-22-9-4-3-5-10-22)25(31)17-33-16-21-11-12-23(27)24(28)14-21/h6-8,11-14,19,22H,3-5,9-10,15-17H2,1-2H3,(H,29,32). The van der Waals surface area contributed by atoms with Crippen molar-refractivity contribution >= 4 is 46.8 Å². The summed E-state index contributed by atoms with van der Waals surface area (Å²) in [6, 6.07) is 13.3. The molecular weight excluding hydrogens is 475 g/mol. The minimum Gasteiger partial charge on any atom is -0.352 e. The maximum atomic E-state index is 13.3. The van der Waals surface area contributed by atoms with Gasteiger partial charge in [0.2, 0.25) is 11.8 Å². The number of nitrogens with zero attached hydrogens (tertiary/aromatic N) is 1. The summed E-state index contributed by atoms with van der Waals surface area (Å²) in [6.45, 7) is 4.27. The Morgan fingerprint density at radius 1 is 1.06 bits per heavy atom. The minimum absolute atomic E-state index is 0.0483. The molecule has 1 aliphatic rings. The van der Waals surface area contributed by atoms with E-state index in [1.54, 1.807) is 11.0 Å². The fourth-order valence-corrected chi connectivity index (χ4v) is 5.31. The number of rotatable bonds is 9. The number of amides is 2. The van der Waals surface area contributed by atoms with E-state index in [2.05, 4.69) is 11.4 Å². The molecule has 1 unspecified atom stereocenters. The number of benzene rings is 2. The number of nitrogens with one attached hydrogen (secondary N) is 1. The predicted molar refractivity (Wildman–Crippen MR) is 139 cm³/mol. The molecule has 4 nitrogen and oxygen atoms in total. The van der Waals surface area contributed by atoms with Gasteiger partial charge in [-0.2, -0.15) is 0 Å². The normalized spacial score (nSPS) is 15.2. The number of carbonyl (C=O) groups is 2. The molecule has 1 aliphatic carbocycles. The quantitative estimate of drug-likeness (QED) is 0.427. The summed E-state index contributed by atoms with van der Waals surface area (Å²) in [4.78, 5) is 28.0. The topological polar surface area (TPSA) is 49.4 Å². The van der Waals surface area contributed by atoms with Crippen LogP contribution in [0.25, 0.3) is 0 Å². The highest BCUT2D eigenvalue weighted by Gasteiger charge is 2.28. The van der Waals surface area contributed by atoms with Gasteiger partial charge in [-0.25, -0.2) is 0 Å². The average molecular weight is 508 g/mol. The van der Waals surface area contributed by atoms with Crippen molar-refractivity contribution in [2.45, 2.75) is 70.3 Å². The van der Waals surface area contributed by atoms with Crippen LogP contribution < -0.4 is 5.32 Å². The molecule has 33 heavy (non-hydrogen) atoms. The van der Waals surface area contributed by atoms with E-state index in [9.17, 15) is 9.59 Å². The maximum Gasteiger partial charge on any atom is 0.242 e. The van der Waals surface area contributed by atoms with Crippen LogP contribution in [0.3, 0.4) is 0 Å². The Labute approximate surface area is 211 Å². The summed E-state index contributed by atoms with van der Waals surface area (Å²) in [7, 11) is 0. The first-order valence-electron chi connectivity index (χ1n) is 11.5. The van der Waals surface area contributed by atoms with Gasteiger partial charge in [-0.05, 0) is 49.9 Å². The van der Waals surface area contributed by atoms with Crippen molar-refractivity contribution in [2.24, 2.45) is 0 Å². The fourth-order valence-electron chi connectivity index (χ4n) is 4.13. The van der Waals surface area contributed by atoms with Crippen molar-refractivity contribution in [1.29, 1.82) is 0 Å². The average Bonchev–Trinajstić information content (AvgIpc) is 2.80. The first-order valence-corrected chi connectivity index (χ1v) is 13.4. The predicted octanol–water partition coefficient (Wildman–Crippen LogP) is 6.40. The summed E-state index contributed by atoms with van der Waals surface area (Å²) in [5, 5.41) is 4.20. The Morgan fingerprint density at radius 2 is 1.82 bits per heavy atom. The van der Waals surface area contributed by atoms with Crippen LogP contribution in [0.15, 0.2) is 42.5 Å². The third-order valence-corrected chi connectivity index (χ3v) is 7.76. The van der Waals surface area contributed by atoms with Gasteiger partial charge >= 0.3 is 0 Å². The van der Waals surface area contributed by atoms with E-state index >= 15 is 0 Å². The van der Waals surface area contributed by atoms with Gasteiger partial charge in [0.05, 0.1) is 15.8 Å². The molecule has 7 heteroatoms. The molecule has 0 bridgehead atoms. The zero-order valence-corrected chi connectivity index (χ0v) is 21.6. The molecular formula is C26H32Cl2N2O2S. The SMILES string of the molecule is Cc1cccc(CN(C(=O)CSCc2ccc(Cl)c(Cl)c2)C(C)C(=O)NC2CCCCC2)c1. The van der Waals surface area contributed by atoms with E-state index < -0.39 is 6.04 Å². The molecule has 1 saturated carbocycles. The van der Waals surface area contributed by atoms with Crippen LogP contribution >= 0.6 is 35.0 Å². The van der Waals surface area contributed by atoms with E-state index in [1.165, 1.54) is 18.2 Å². The first-order chi connectivity index (χ1) is 15.8. The first kappa shape index (κ1) is 25.9. The van der Waals surface area contributed by atoms with E-state index in [0.29, 0.717) is 22.3 Å². The Hall–Kier alpha value is -1.69. The molecule has 0 aromatic heterocycles. The summed E-state index contributed by atoms with van der Waals surface area (Å²) >= 11 is 13.6. The van der Waals surface area contributed by atoms with Gasteiger partial charge in [-0.15, -0.1) is 11.8 Å². The number of hydrogen-bond acceptors (Lipinski definition) is 3. The lowest BCUT2D eigenvalue weighted by molar-refractivity contribution is -0.139. The van der Waals surface area contributed by atoms with Crippen LogP contribution in [0.1, 0.15) is 55.7 Å². The van der Waals surface area contributed by atoms with E-state index in [0.717, 1.165) is 42.4 Å². The summed E-state index contributed by atoms with van der Waals surface area (Å²) in [6.07, 6.45) is 5.57. The van der Waals surface area contributed by atoms with E-state index in [1.807, 2.05) is 44.2 Å². The van der Waals surface area contributed by atoms with Crippen molar-refractivity contribution in [3.63, 3.8) is 0 Å². The van der Waals surface area contributed by atoms with Crippen LogP contribution in [0.5, 0.6) is 0 Å². The van der Waals surface area contributed by atoms with Gasteiger partial charge in [0.25, 0.3) is 0 Å². The van der Waals surface area contributed by atoms with Crippen molar-refractivity contribution in [1.82, 2.24) is 10.2 Å². The summed E-state index contributed by atoms with van der Waals surface area (Å²) in [5.41, 5.74) is 3.17. The fraction of sp³-hybridized carbons (Fsp3) is 0.462. The number of halogens is 2. The highest BCUT2D eigenvalue weighted by molar-refractivity contribution is 7.99. The molecule has 0 saturated heterocycles. The summed E-state index contributed by atoms with van der Waals surface area (Å²) < 4.78 is 0. The second-order valence-corrected chi connectivity index (χ2v) is 10.6. The Morgan fingerprint density at radius 3 is 2.52 bits per heavy atom. The van der Waals surface area contributed by atoms with E-state index in [-0.39, 0.29) is 23.6 Å². The largest absolute Gasteiger partial charge is 0.352 e. The van der Waals surface area contributed by atoms with Crippen LogP contribution in [0, 0.1) is 6.92 Å². The van der Waals surface area contributed by atoms with Gasteiger partial charge in [0.1, 0.15) is 6.04 Å². The maximum absolute atomic E-state index is 13.3. The number of aryl methyl sites for hydroxylation is 1. The van der Waals surface area contributed by atoms with Crippen molar-refractivity contribution < 1.29 is 9.59 Å². The van der Waals surface area contributed by atoms with Crippen molar-refractivity contribution in [3.05, 3.63) is 69.2 Å². The molecule has 0 heterocycles. The molecule has 2 aromatic rings. The number of carbonyl (C=O) groups excluding carboxylic acids is 2. The third kappa shape index (κ3) is 7.94. The third-order valence-electron chi connectivity index (χ3n) is 6.03. The number of hydrogen-bond donors (Lipinski definition) is 1. The molecule has 1 atom stereocenters. The zero-order valence-electron chi connectivity index (χ0n) is 19.3. The Bertz CT molecular complexity index is 963. The summed E-state index contributed by atoms with van der Waals surface area (Å²) in [5.74, 6) is 0.807. The smallest absolute Gasteiger partial charge is 0.242 e. The lowest BCUT2D eigenvalue weighted by Crippen LogP contribution is -2.50. The lowest BCUT2D eigenvalue weighted by atomic mass is 9.95. The Kier molecular flexibility index (Phi) is 9.96. The molecule has 178 valence electrons. The molecule has 2 aromatic carbocycles. The zero-order chi connectivity index (χ0) is 23.8. The molecule has 3 rings (SSSR count). The molecule has 0 aliphatic heterocycles. The minimum atomic E-state index is -0.537. The molecule has 1 N–H and O–H groups in total. The van der Waals surface area contributed by atoms with Crippen molar-refractivity contribution in [3.8, 4) is 0 Å². The van der Waals surface area contributed by atoms with Crippen LogP contribution in [-0.2, 0) is 21.9 Å². The second-order valence-electron chi connectivity index (χ2n) is 8.77. The van der Waals surface area contributed by atoms with Crippen LogP contribution in [0.2, 0.25) is 10.0 Å². The molecule has 1 fully saturated rings. The van der Waals surface area contributed by atoms with Gasteiger partial charge in [0.15, 0.2) is 0 Å². The molecule has 0 radical (unpaired) electrons. The highest BCUT2D eigenvalue weighted by Crippen LogP contribution is 2.25. The second kappa shape index (κ2) is 12.7. The van der Waals surface area contributed by atoms with Gasteiger partial charge < -0.3 is 10.2 Å². The monoisotopic (exact) mass is 506 g/mol. The number of thioether (sulfide) groups is 1. The van der Waals surface area contributed by atoms with Crippen LogP contribution in [0.4, 0.5) is 0 Å². The molecule has 0 spiro atoms. The van der Waals surface area contributed by atoms with Gasteiger partial charge in [-0.3, -0.25) is 9.59 Å². The van der Waals surface area contributed by atoms with Gasteiger partial charge in [0, 0.05) is 18.3 Å². The van der Waals surface area contributed by atoms with E-state index in [4.69, 9.17) is 23.2 Å². The van der Waals surface area contributed by atoms with Crippen LogP contribution in [-0.4, -0.2) is 34.6 Å². The van der Waals surface area contributed by atoms with Crippen molar-refractivity contribution in [2.75, 3.05) is 5.75 Å².